The number of aliphatic hydroxyl groups excluding tert-OH is 2. The van der Waals surface area contributed by atoms with Crippen LogP contribution in [0.5, 0.6) is 0 Å². The van der Waals surface area contributed by atoms with Crippen LogP contribution in [0.3, 0.4) is 0 Å². The fourth-order valence-electron chi connectivity index (χ4n) is 8.63. The van der Waals surface area contributed by atoms with Gasteiger partial charge >= 0.3 is 5.97 Å². The molecule has 6 heteroatoms. The summed E-state index contributed by atoms with van der Waals surface area (Å²) in [6.45, 7) is 6.40. The van der Waals surface area contributed by atoms with Crippen LogP contribution in [0.15, 0.2) is 85.1 Å². The molecule has 0 aliphatic carbocycles. The Morgan fingerprint density at radius 3 is 1.20 bits per heavy atom. The van der Waals surface area contributed by atoms with Crippen LogP contribution in [-0.4, -0.2) is 46.9 Å². The van der Waals surface area contributed by atoms with Gasteiger partial charge in [-0.25, -0.2) is 0 Å². The molecule has 1 amide bonds. The van der Waals surface area contributed by atoms with Crippen LogP contribution < -0.4 is 5.32 Å². The topological polar surface area (TPSA) is 95.9 Å². The van der Waals surface area contributed by atoms with Gasteiger partial charge in [0.2, 0.25) is 5.91 Å². The molecule has 0 rings (SSSR count). The molecule has 3 N–H and O–H groups in total. The van der Waals surface area contributed by atoms with Crippen molar-refractivity contribution in [2.45, 2.75) is 296 Å². The largest absolute Gasteiger partial charge is 0.462 e. The van der Waals surface area contributed by atoms with Gasteiger partial charge < -0.3 is 20.3 Å². The third-order valence-electron chi connectivity index (χ3n) is 13.1. The molecule has 69 heavy (non-hydrogen) atoms. The summed E-state index contributed by atoms with van der Waals surface area (Å²) in [4.78, 5) is 26.3. The van der Waals surface area contributed by atoms with Gasteiger partial charge in [0.25, 0.3) is 0 Å². The number of allylic oxidation sites excluding steroid dienone is 14. The maximum atomic E-state index is 13.3. The summed E-state index contributed by atoms with van der Waals surface area (Å²) in [5.74, 6) is -0.531. The Bertz CT molecular complexity index is 1310. The van der Waals surface area contributed by atoms with E-state index in [1.807, 2.05) is 36.5 Å². The van der Waals surface area contributed by atoms with Crippen molar-refractivity contribution < 1.29 is 24.5 Å². The number of ether oxygens (including phenoxy) is 1. The number of rotatable bonds is 52. The van der Waals surface area contributed by atoms with Crippen LogP contribution >= 0.6 is 0 Å². The number of carbonyl (C=O) groups excluding carboxylic acids is 2. The Kier molecular flexibility index (Phi) is 53.6. The lowest BCUT2D eigenvalue weighted by Gasteiger charge is -2.24. The smallest absolute Gasteiger partial charge is 0.306 e. The number of hydrogen-bond acceptors (Lipinski definition) is 5. The monoisotopic (exact) mass is 962 g/mol. The first-order valence-corrected chi connectivity index (χ1v) is 29.4. The number of hydrogen-bond donors (Lipinski definition) is 3. The van der Waals surface area contributed by atoms with Gasteiger partial charge in [-0.1, -0.05) is 279 Å². The van der Waals surface area contributed by atoms with Crippen LogP contribution in [0.1, 0.15) is 278 Å². The predicted molar refractivity (Wildman–Crippen MR) is 301 cm³/mol. The fraction of sp³-hybridized carbons (Fsp3) is 0.746. The summed E-state index contributed by atoms with van der Waals surface area (Å²) in [7, 11) is 0. The molecule has 0 aromatic carbocycles. The Labute approximate surface area is 427 Å². The van der Waals surface area contributed by atoms with E-state index in [-0.39, 0.29) is 24.9 Å². The van der Waals surface area contributed by atoms with E-state index in [0.717, 1.165) is 89.9 Å². The Hall–Kier alpha value is -2.96. The highest BCUT2D eigenvalue weighted by atomic mass is 16.5. The first kappa shape index (κ1) is 66.0. The lowest BCUT2D eigenvalue weighted by atomic mass is 10.0. The van der Waals surface area contributed by atoms with Crippen LogP contribution in [0.4, 0.5) is 0 Å². The predicted octanol–water partition coefficient (Wildman–Crippen LogP) is 18.3. The number of nitrogens with one attached hydrogen (secondary N) is 1. The maximum Gasteiger partial charge on any atom is 0.306 e. The van der Waals surface area contributed by atoms with E-state index < -0.39 is 18.2 Å². The van der Waals surface area contributed by atoms with Crippen LogP contribution in [0, 0.1) is 0 Å². The summed E-state index contributed by atoms with van der Waals surface area (Å²) in [6.07, 6.45) is 73.6. The first-order chi connectivity index (χ1) is 34.0. The number of esters is 1. The van der Waals surface area contributed by atoms with Crippen molar-refractivity contribution in [2.24, 2.45) is 0 Å². The molecular weight excluding hydrogens is 851 g/mol. The lowest BCUT2D eigenvalue weighted by molar-refractivity contribution is -0.151. The van der Waals surface area contributed by atoms with Crippen molar-refractivity contribution in [3.8, 4) is 0 Å². The SMILES string of the molecule is CCC/C=C/C=C/C=C/C=C/C=C/CCCCCC(CC(=O)NC(CO)C(O)CCCCCCCCCCCCCCCCCC)OC(=O)CCCCCCC/C=C/C=C/CCCCCCCCC. The molecule has 0 bridgehead atoms. The number of aliphatic hydroxyl groups is 2. The molecule has 0 aliphatic heterocycles. The average molecular weight is 963 g/mol. The summed E-state index contributed by atoms with van der Waals surface area (Å²) in [5.41, 5.74) is 0. The van der Waals surface area contributed by atoms with Crippen LogP contribution in [0.25, 0.3) is 0 Å². The number of unbranched alkanes of at least 4 members (excludes halogenated alkanes) is 31. The van der Waals surface area contributed by atoms with Gasteiger partial charge in [0, 0.05) is 6.42 Å². The number of carbonyl (C=O) groups is 2. The standard InChI is InChI=1S/C63H111NO5/c1-4-7-10-13-16-19-22-25-28-31-32-35-38-41-44-47-50-53-56-63(68)69-59(54-51-48-45-42-39-36-33-29-26-23-20-17-14-11-8-5-2)57-62(67)64-60(58-65)61(66)55-52-49-46-43-40-37-34-30-27-24-21-18-15-12-9-6-3/h11,14,17,20,23,26,28-29,31-33,35-36,39,59-61,65-66H,4-10,12-13,15-16,18-19,21-22,24-25,27,30,34,37-38,40-58H2,1-3H3,(H,64,67)/b14-11+,20-17+,26-23+,31-28+,33-29+,35-32+,39-36+. The zero-order valence-electron chi connectivity index (χ0n) is 45.4. The van der Waals surface area contributed by atoms with Gasteiger partial charge in [-0.05, 0) is 70.6 Å². The van der Waals surface area contributed by atoms with E-state index in [1.54, 1.807) is 0 Å². The molecule has 0 saturated carbocycles. The van der Waals surface area contributed by atoms with Crippen LogP contribution in [0.2, 0.25) is 0 Å². The van der Waals surface area contributed by atoms with Gasteiger partial charge in [0.05, 0.1) is 25.2 Å². The lowest BCUT2D eigenvalue weighted by Crippen LogP contribution is -2.46. The highest BCUT2D eigenvalue weighted by molar-refractivity contribution is 5.77. The first-order valence-electron chi connectivity index (χ1n) is 29.4. The summed E-state index contributed by atoms with van der Waals surface area (Å²) in [5, 5.41) is 23.9. The molecule has 3 unspecified atom stereocenters. The van der Waals surface area contributed by atoms with Gasteiger partial charge in [0.1, 0.15) is 6.10 Å². The number of amides is 1. The van der Waals surface area contributed by atoms with E-state index in [1.165, 1.54) is 141 Å². The molecular formula is C63H111NO5. The molecule has 398 valence electrons. The van der Waals surface area contributed by atoms with Gasteiger partial charge in [-0.2, -0.15) is 0 Å². The minimum Gasteiger partial charge on any atom is -0.462 e. The minimum atomic E-state index is -0.808. The second-order valence-corrected chi connectivity index (χ2v) is 19.8. The normalized spacial score (nSPS) is 13.8. The highest BCUT2D eigenvalue weighted by Crippen LogP contribution is 2.18. The molecule has 0 aliphatic rings. The van der Waals surface area contributed by atoms with E-state index in [2.05, 4.69) is 74.7 Å². The molecule has 0 spiro atoms. The molecule has 0 radical (unpaired) electrons. The van der Waals surface area contributed by atoms with Crippen LogP contribution in [-0.2, 0) is 14.3 Å². The summed E-state index contributed by atoms with van der Waals surface area (Å²) >= 11 is 0. The highest BCUT2D eigenvalue weighted by Gasteiger charge is 2.24. The molecule has 0 heterocycles. The zero-order valence-corrected chi connectivity index (χ0v) is 45.4. The van der Waals surface area contributed by atoms with Crippen molar-refractivity contribution in [1.29, 1.82) is 0 Å². The third kappa shape index (κ3) is 51.2. The Balaban J connectivity index is 4.66. The van der Waals surface area contributed by atoms with Crippen molar-refractivity contribution in [1.82, 2.24) is 5.32 Å². The van der Waals surface area contributed by atoms with E-state index in [0.29, 0.717) is 19.3 Å². The second kappa shape index (κ2) is 56.0. The minimum absolute atomic E-state index is 0.0400. The van der Waals surface area contributed by atoms with Gasteiger partial charge in [-0.3, -0.25) is 9.59 Å². The maximum absolute atomic E-state index is 13.3. The molecule has 0 saturated heterocycles. The summed E-state index contributed by atoms with van der Waals surface area (Å²) < 4.78 is 5.94. The molecule has 0 aromatic heterocycles. The summed E-state index contributed by atoms with van der Waals surface area (Å²) in [6, 6.07) is -0.725. The Morgan fingerprint density at radius 1 is 0.420 bits per heavy atom. The zero-order chi connectivity index (χ0) is 50.2. The van der Waals surface area contributed by atoms with E-state index in [4.69, 9.17) is 4.74 Å². The van der Waals surface area contributed by atoms with Crippen molar-refractivity contribution in [3.63, 3.8) is 0 Å². The van der Waals surface area contributed by atoms with Crippen molar-refractivity contribution in [2.75, 3.05) is 6.61 Å². The molecule has 0 fully saturated rings. The molecule has 6 nitrogen and oxygen atoms in total. The second-order valence-electron chi connectivity index (χ2n) is 19.8. The molecule has 3 atom stereocenters. The van der Waals surface area contributed by atoms with Crippen molar-refractivity contribution >= 4 is 11.9 Å². The quantitative estimate of drug-likeness (QED) is 0.0321. The van der Waals surface area contributed by atoms with Gasteiger partial charge in [-0.15, -0.1) is 0 Å². The Morgan fingerprint density at radius 2 is 0.768 bits per heavy atom. The van der Waals surface area contributed by atoms with Crippen molar-refractivity contribution in [3.05, 3.63) is 85.1 Å². The van der Waals surface area contributed by atoms with E-state index in [9.17, 15) is 19.8 Å². The average Bonchev–Trinajstić information content (AvgIpc) is 3.34. The fourth-order valence-corrected chi connectivity index (χ4v) is 8.63. The van der Waals surface area contributed by atoms with Gasteiger partial charge in [0.15, 0.2) is 0 Å². The third-order valence-corrected chi connectivity index (χ3v) is 13.1. The molecule has 0 aromatic rings. The van der Waals surface area contributed by atoms with E-state index >= 15 is 0 Å².